The second kappa shape index (κ2) is 8.22. The van der Waals surface area contributed by atoms with Crippen LogP contribution in [-0.4, -0.2) is 20.1 Å². The van der Waals surface area contributed by atoms with Crippen molar-refractivity contribution in [1.29, 1.82) is 0 Å². The van der Waals surface area contributed by atoms with Crippen molar-refractivity contribution < 1.29 is 4.74 Å². The molecule has 0 aliphatic rings. The first-order chi connectivity index (χ1) is 11.1. The first kappa shape index (κ1) is 16.9. The van der Waals surface area contributed by atoms with Gasteiger partial charge in [-0.15, -0.1) is 0 Å². The second-order valence-corrected chi connectivity index (χ2v) is 5.51. The van der Waals surface area contributed by atoms with Gasteiger partial charge in [0.1, 0.15) is 5.75 Å². The van der Waals surface area contributed by atoms with E-state index in [2.05, 4.69) is 52.9 Å². The van der Waals surface area contributed by atoms with Crippen molar-refractivity contribution in [2.45, 2.75) is 26.4 Å². The maximum absolute atomic E-state index is 5.37. The van der Waals surface area contributed by atoms with E-state index < -0.39 is 0 Å². The zero-order valence-electron chi connectivity index (χ0n) is 14.3. The van der Waals surface area contributed by atoms with Gasteiger partial charge in [-0.2, -0.15) is 0 Å². The highest BCUT2D eigenvalue weighted by Gasteiger charge is 2.07. The Balaban J connectivity index is 1.95. The summed E-state index contributed by atoms with van der Waals surface area (Å²) in [4.78, 5) is 4.29. The average Bonchev–Trinajstić information content (AvgIpc) is 2.60. The zero-order valence-corrected chi connectivity index (χ0v) is 14.3. The highest BCUT2D eigenvalue weighted by Crippen LogP contribution is 2.18. The van der Waals surface area contributed by atoms with Crippen LogP contribution in [0.1, 0.15) is 29.7 Å². The average molecular weight is 311 g/mol. The summed E-state index contributed by atoms with van der Waals surface area (Å²) in [6.45, 7) is 4.85. The number of benzene rings is 2. The molecule has 4 heteroatoms. The van der Waals surface area contributed by atoms with Crippen LogP contribution in [0.5, 0.6) is 5.75 Å². The smallest absolute Gasteiger partial charge is 0.191 e. The van der Waals surface area contributed by atoms with Crippen LogP contribution in [0.25, 0.3) is 0 Å². The van der Waals surface area contributed by atoms with Crippen molar-refractivity contribution >= 4 is 5.96 Å². The lowest BCUT2D eigenvalue weighted by atomic mass is 10.1. The SMILES string of the molecule is CN=C(NCc1ccc(C)c(OC)c1)NC(C)c1ccccc1. The number of aryl methyl sites for hydroxylation is 1. The molecule has 0 aromatic heterocycles. The fourth-order valence-electron chi connectivity index (χ4n) is 2.38. The van der Waals surface area contributed by atoms with Crippen LogP contribution in [0.3, 0.4) is 0 Å². The monoisotopic (exact) mass is 311 g/mol. The van der Waals surface area contributed by atoms with Crippen LogP contribution < -0.4 is 15.4 Å². The first-order valence-electron chi connectivity index (χ1n) is 7.79. The molecule has 23 heavy (non-hydrogen) atoms. The fraction of sp³-hybridized carbons (Fsp3) is 0.316. The fourth-order valence-corrected chi connectivity index (χ4v) is 2.38. The number of nitrogens with zero attached hydrogens (tertiary/aromatic N) is 1. The maximum Gasteiger partial charge on any atom is 0.191 e. The molecule has 2 rings (SSSR count). The van der Waals surface area contributed by atoms with E-state index in [1.807, 2.05) is 25.1 Å². The van der Waals surface area contributed by atoms with Gasteiger partial charge in [0.05, 0.1) is 13.2 Å². The number of guanidine groups is 1. The van der Waals surface area contributed by atoms with Crippen LogP contribution in [0, 0.1) is 6.92 Å². The minimum atomic E-state index is 0.190. The summed E-state index contributed by atoms with van der Waals surface area (Å²) in [6, 6.07) is 16.7. The van der Waals surface area contributed by atoms with E-state index >= 15 is 0 Å². The van der Waals surface area contributed by atoms with Gasteiger partial charge in [0.25, 0.3) is 0 Å². The summed E-state index contributed by atoms with van der Waals surface area (Å²) in [5.74, 6) is 1.69. The van der Waals surface area contributed by atoms with Crippen LogP contribution in [-0.2, 0) is 6.54 Å². The van der Waals surface area contributed by atoms with Crippen molar-refractivity contribution in [2.24, 2.45) is 4.99 Å². The molecule has 122 valence electrons. The molecule has 0 heterocycles. The van der Waals surface area contributed by atoms with Crippen LogP contribution >= 0.6 is 0 Å². The first-order valence-corrected chi connectivity index (χ1v) is 7.79. The molecule has 1 unspecified atom stereocenters. The molecule has 4 nitrogen and oxygen atoms in total. The third-order valence-corrected chi connectivity index (χ3v) is 3.81. The lowest BCUT2D eigenvalue weighted by Gasteiger charge is -2.18. The number of hydrogen-bond acceptors (Lipinski definition) is 2. The van der Waals surface area contributed by atoms with Crippen molar-refractivity contribution in [3.8, 4) is 5.75 Å². The minimum absolute atomic E-state index is 0.190. The lowest BCUT2D eigenvalue weighted by Crippen LogP contribution is -2.38. The Bertz CT molecular complexity index is 653. The Kier molecular flexibility index (Phi) is 6.03. The lowest BCUT2D eigenvalue weighted by molar-refractivity contribution is 0.411. The second-order valence-electron chi connectivity index (χ2n) is 5.51. The molecule has 2 N–H and O–H groups in total. The number of hydrogen-bond donors (Lipinski definition) is 2. The molecule has 2 aromatic carbocycles. The van der Waals surface area contributed by atoms with Gasteiger partial charge in [-0.05, 0) is 36.6 Å². The predicted molar refractivity (Wildman–Crippen MR) is 95.9 cm³/mol. The molecule has 0 saturated carbocycles. The van der Waals surface area contributed by atoms with Crippen LogP contribution in [0.4, 0.5) is 0 Å². The minimum Gasteiger partial charge on any atom is -0.496 e. The molecule has 0 bridgehead atoms. The van der Waals surface area contributed by atoms with E-state index in [-0.39, 0.29) is 6.04 Å². The van der Waals surface area contributed by atoms with Gasteiger partial charge in [-0.25, -0.2) is 0 Å². The van der Waals surface area contributed by atoms with E-state index in [0.717, 1.165) is 22.8 Å². The van der Waals surface area contributed by atoms with Gasteiger partial charge >= 0.3 is 0 Å². The molecule has 0 radical (unpaired) electrons. The Morgan fingerprint density at radius 2 is 1.91 bits per heavy atom. The third kappa shape index (κ3) is 4.74. The Labute approximate surface area is 138 Å². The maximum atomic E-state index is 5.37. The number of nitrogens with one attached hydrogen (secondary N) is 2. The molecule has 1 atom stereocenters. The molecular formula is C19H25N3O. The summed E-state index contributed by atoms with van der Waals surface area (Å²) in [7, 11) is 3.48. The Hall–Kier alpha value is -2.49. The van der Waals surface area contributed by atoms with Crippen LogP contribution in [0.2, 0.25) is 0 Å². The van der Waals surface area contributed by atoms with Gasteiger partial charge in [0.2, 0.25) is 0 Å². The quantitative estimate of drug-likeness (QED) is 0.657. The van der Waals surface area contributed by atoms with E-state index in [0.29, 0.717) is 6.54 Å². The predicted octanol–water partition coefficient (Wildman–Crippen LogP) is 3.43. The number of methoxy groups -OCH3 is 1. The van der Waals surface area contributed by atoms with Gasteiger partial charge in [0.15, 0.2) is 5.96 Å². The van der Waals surface area contributed by atoms with Crippen molar-refractivity contribution in [3.63, 3.8) is 0 Å². The van der Waals surface area contributed by atoms with Crippen molar-refractivity contribution in [2.75, 3.05) is 14.2 Å². The summed E-state index contributed by atoms with van der Waals surface area (Å²) in [5.41, 5.74) is 3.52. The van der Waals surface area contributed by atoms with E-state index in [9.17, 15) is 0 Å². The van der Waals surface area contributed by atoms with E-state index in [1.54, 1.807) is 14.2 Å². The molecule has 0 aliphatic heterocycles. The van der Waals surface area contributed by atoms with E-state index in [4.69, 9.17) is 4.74 Å². The van der Waals surface area contributed by atoms with Gasteiger partial charge in [0, 0.05) is 13.6 Å². The van der Waals surface area contributed by atoms with Gasteiger partial charge in [-0.1, -0.05) is 42.5 Å². The van der Waals surface area contributed by atoms with Crippen molar-refractivity contribution in [1.82, 2.24) is 10.6 Å². The summed E-state index contributed by atoms with van der Waals surface area (Å²) in [5, 5.41) is 6.74. The van der Waals surface area contributed by atoms with Gasteiger partial charge in [-0.3, -0.25) is 4.99 Å². The number of aliphatic imine (C=N–C) groups is 1. The summed E-state index contributed by atoms with van der Waals surface area (Å²) in [6.07, 6.45) is 0. The number of ether oxygens (including phenoxy) is 1. The highest BCUT2D eigenvalue weighted by atomic mass is 16.5. The highest BCUT2D eigenvalue weighted by molar-refractivity contribution is 5.80. The molecule has 0 saturated heterocycles. The summed E-state index contributed by atoms with van der Waals surface area (Å²) < 4.78 is 5.37. The van der Waals surface area contributed by atoms with Crippen molar-refractivity contribution in [3.05, 3.63) is 65.2 Å². The Morgan fingerprint density at radius 3 is 2.57 bits per heavy atom. The number of rotatable bonds is 5. The zero-order chi connectivity index (χ0) is 16.7. The summed E-state index contributed by atoms with van der Waals surface area (Å²) >= 11 is 0. The molecule has 0 fully saturated rings. The third-order valence-electron chi connectivity index (χ3n) is 3.81. The standard InChI is InChI=1S/C19H25N3O/c1-14-10-11-16(12-18(14)23-4)13-21-19(20-3)22-15(2)17-8-6-5-7-9-17/h5-12,15H,13H2,1-4H3,(H2,20,21,22). The Morgan fingerprint density at radius 1 is 1.17 bits per heavy atom. The molecular weight excluding hydrogens is 286 g/mol. The normalized spacial score (nSPS) is 12.6. The molecule has 0 amide bonds. The molecule has 0 spiro atoms. The largest absolute Gasteiger partial charge is 0.496 e. The molecule has 2 aromatic rings. The molecule has 0 aliphatic carbocycles. The van der Waals surface area contributed by atoms with E-state index in [1.165, 1.54) is 5.56 Å². The van der Waals surface area contributed by atoms with Crippen LogP contribution in [0.15, 0.2) is 53.5 Å². The van der Waals surface area contributed by atoms with Gasteiger partial charge < -0.3 is 15.4 Å². The topological polar surface area (TPSA) is 45.7 Å².